The van der Waals surface area contributed by atoms with Crippen LogP contribution in [0.1, 0.15) is 49.3 Å². The van der Waals surface area contributed by atoms with Crippen molar-refractivity contribution < 1.29 is 26.7 Å². The maximum absolute atomic E-state index is 16.6. The van der Waals surface area contributed by atoms with Gasteiger partial charge in [0, 0.05) is 31.7 Å². The third-order valence-electron chi connectivity index (χ3n) is 8.89. The number of anilines is 2. The van der Waals surface area contributed by atoms with Gasteiger partial charge in [-0.05, 0) is 63.7 Å². The molecule has 0 saturated carbocycles. The number of benzene rings is 1. The lowest BCUT2D eigenvalue weighted by atomic mass is 9.94. The van der Waals surface area contributed by atoms with Gasteiger partial charge in [-0.25, -0.2) is 13.8 Å². The van der Waals surface area contributed by atoms with Crippen LogP contribution in [0.25, 0.3) is 22.2 Å². The standard InChI is InChI=1S/C29H34F5N7O/c1-3-17-19-25(23(31)20(22(17)30)24-21(29(32,33)34)16(2)14-18(35)37-24)38-27(39-26(19)40-12-8-36-9-13-40)42-15-28-6-4-10-41(28)11-5-7-28/h14,36H,3-13,15H2,1-2H3,(H2,35,37). The van der Waals surface area contributed by atoms with E-state index in [4.69, 9.17) is 10.5 Å². The molecule has 3 N–H and O–H groups in total. The monoisotopic (exact) mass is 591 g/mol. The van der Waals surface area contributed by atoms with Crippen molar-refractivity contribution in [3.05, 3.63) is 34.4 Å². The summed E-state index contributed by atoms with van der Waals surface area (Å²) in [5, 5.41) is 3.38. The molecule has 2 aromatic heterocycles. The summed E-state index contributed by atoms with van der Waals surface area (Å²) >= 11 is 0. The summed E-state index contributed by atoms with van der Waals surface area (Å²) in [4.78, 5) is 17.2. The molecule has 0 aliphatic carbocycles. The fraction of sp³-hybridized carbons (Fsp3) is 0.552. The Bertz CT molecular complexity index is 1510. The number of nitrogen functional groups attached to an aromatic ring is 1. The number of hydrogen-bond donors (Lipinski definition) is 2. The van der Waals surface area contributed by atoms with E-state index in [1.807, 2.05) is 4.90 Å². The molecule has 0 atom stereocenters. The molecule has 3 aliphatic rings. The summed E-state index contributed by atoms with van der Waals surface area (Å²) in [5.74, 6) is -2.37. The molecule has 5 heterocycles. The van der Waals surface area contributed by atoms with Gasteiger partial charge < -0.3 is 20.7 Å². The first-order valence-corrected chi connectivity index (χ1v) is 14.4. The third kappa shape index (κ3) is 4.80. The lowest BCUT2D eigenvalue weighted by Gasteiger charge is -2.32. The molecule has 0 amide bonds. The number of ether oxygens (including phenoxy) is 1. The van der Waals surface area contributed by atoms with Gasteiger partial charge in [-0.1, -0.05) is 6.92 Å². The Morgan fingerprint density at radius 2 is 1.71 bits per heavy atom. The van der Waals surface area contributed by atoms with E-state index in [9.17, 15) is 13.2 Å². The number of aryl methyl sites for hydroxylation is 2. The number of aromatic nitrogens is 3. The molecule has 8 nitrogen and oxygen atoms in total. The fourth-order valence-electron chi connectivity index (χ4n) is 6.95. The molecule has 6 rings (SSSR count). The largest absolute Gasteiger partial charge is 0.461 e. The van der Waals surface area contributed by atoms with Crippen molar-refractivity contribution in [3.8, 4) is 17.3 Å². The van der Waals surface area contributed by atoms with Crippen LogP contribution < -0.4 is 20.7 Å². The van der Waals surface area contributed by atoms with Gasteiger partial charge in [-0.3, -0.25) is 4.90 Å². The van der Waals surface area contributed by atoms with E-state index in [0.29, 0.717) is 38.6 Å². The minimum atomic E-state index is -4.93. The van der Waals surface area contributed by atoms with E-state index in [1.165, 1.54) is 6.92 Å². The Kier molecular flexibility index (Phi) is 7.37. The molecule has 0 unspecified atom stereocenters. The highest BCUT2D eigenvalue weighted by Gasteiger charge is 2.45. The molecule has 226 valence electrons. The van der Waals surface area contributed by atoms with E-state index in [2.05, 4.69) is 25.2 Å². The van der Waals surface area contributed by atoms with Crippen LogP contribution in [0.3, 0.4) is 0 Å². The SMILES string of the molecule is CCc1c(F)c(-c2nc(N)cc(C)c2C(F)(F)F)c(F)c2nc(OCC34CCCN3CCC4)nc(N3CCNCC3)c12. The molecule has 0 bridgehead atoms. The van der Waals surface area contributed by atoms with Crippen LogP contribution in [0.15, 0.2) is 6.07 Å². The summed E-state index contributed by atoms with van der Waals surface area (Å²) in [7, 11) is 0. The minimum absolute atomic E-state index is 0.00726. The number of hydrogen-bond acceptors (Lipinski definition) is 8. The van der Waals surface area contributed by atoms with Crippen LogP contribution in [0, 0.1) is 18.6 Å². The quantitative estimate of drug-likeness (QED) is 0.393. The van der Waals surface area contributed by atoms with Crippen LogP contribution in [-0.2, 0) is 12.6 Å². The number of nitrogens with one attached hydrogen (secondary N) is 1. The Labute approximate surface area is 240 Å². The zero-order valence-electron chi connectivity index (χ0n) is 23.7. The maximum atomic E-state index is 16.6. The van der Waals surface area contributed by atoms with Gasteiger partial charge in [0.1, 0.15) is 29.6 Å². The number of pyridine rings is 1. The highest BCUT2D eigenvalue weighted by Crippen LogP contribution is 2.45. The van der Waals surface area contributed by atoms with Crippen molar-refractivity contribution in [2.45, 2.75) is 57.7 Å². The fourth-order valence-corrected chi connectivity index (χ4v) is 6.95. The van der Waals surface area contributed by atoms with Crippen LogP contribution in [0.5, 0.6) is 6.01 Å². The summed E-state index contributed by atoms with van der Waals surface area (Å²) < 4.78 is 81.7. The maximum Gasteiger partial charge on any atom is 0.418 e. The number of nitrogens with two attached hydrogens (primary N) is 1. The highest BCUT2D eigenvalue weighted by atomic mass is 19.4. The average molecular weight is 592 g/mol. The van der Waals surface area contributed by atoms with Crippen molar-refractivity contribution in [1.29, 1.82) is 0 Å². The molecule has 3 saturated heterocycles. The second-order valence-corrected chi connectivity index (χ2v) is 11.4. The summed E-state index contributed by atoms with van der Waals surface area (Å²) in [5.41, 5.74) is 2.02. The van der Waals surface area contributed by atoms with Gasteiger partial charge in [0.15, 0.2) is 5.82 Å². The predicted molar refractivity (Wildman–Crippen MR) is 150 cm³/mol. The lowest BCUT2D eigenvalue weighted by Crippen LogP contribution is -2.44. The molecule has 3 fully saturated rings. The topological polar surface area (TPSA) is 92.4 Å². The number of alkyl halides is 3. The van der Waals surface area contributed by atoms with Gasteiger partial charge in [-0.15, -0.1) is 0 Å². The Morgan fingerprint density at radius 1 is 1.02 bits per heavy atom. The minimum Gasteiger partial charge on any atom is -0.461 e. The summed E-state index contributed by atoms with van der Waals surface area (Å²) in [6.07, 6.45) is -0.831. The van der Waals surface area contributed by atoms with Gasteiger partial charge in [-0.2, -0.15) is 23.1 Å². The van der Waals surface area contributed by atoms with E-state index in [1.54, 1.807) is 6.92 Å². The van der Waals surface area contributed by atoms with Crippen LogP contribution in [-0.4, -0.2) is 71.3 Å². The number of piperazine rings is 1. The zero-order chi connectivity index (χ0) is 29.8. The molecule has 3 aliphatic heterocycles. The molecule has 1 aromatic carbocycles. The van der Waals surface area contributed by atoms with Gasteiger partial charge in [0.25, 0.3) is 0 Å². The molecule has 13 heteroatoms. The molecule has 42 heavy (non-hydrogen) atoms. The Hall–Kier alpha value is -3.32. The van der Waals surface area contributed by atoms with Gasteiger partial charge >= 0.3 is 12.2 Å². The molecule has 3 aromatic rings. The predicted octanol–water partition coefficient (Wildman–Crippen LogP) is 4.86. The van der Waals surface area contributed by atoms with Gasteiger partial charge in [0.05, 0.1) is 27.7 Å². The third-order valence-corrected chi connectivity index (χ3v) is 8.89. The summed E-state index contributed by atoms with van der Waals surface area (Å²) in [6.45, 7) is 7.42. The van der Waals surface area contributed by atoms with Crippen molar-refractivity contribution in [1.82, 2.24) is 25.2 Å². The zero-order valence-corrected chi connectivity index (χ0v) is 23.7. The summed E-state index contributed by atoms with van der Waals surface area (Å²) in [6, 6.07) is 0.949. The molecular weight excluding hydrogens is 557 g/mol. The smallest absolute Gasteiger partial charge is 0.418 e. The van der Waals surface area contributed by atoms with E-state index in [0.717, 1.165) is 44.8 Å². The van der Waals surface area contributed by atoms with Gasteiger partial charge in [0.2, 0.25) is 0 Å². The first-order valence-electron chi connectivity index (χ1n) is 14.4. The van der Waals surface area contributed by atoms with Crippen molar-refractivity contribution in [2.24, 2.45) is 0 Å². The van der Waals surface area contributed by atoms with Crippen LogP contribution >= 0.6 is 0 Å². The van der Waals surface area contributed by atoms with E-state index in [-0.39, 0.29) is 45.8 Å². The van der Waals surface area contributed by atoms with E-state index >= 15 is 8.78 Å². The first kappa shape index (κ1) is 28.8. The highest BCUT2D eigenvalue weighted by molar-refractivity contribution is 5.97. The van der Waals surface area contributed by atoms with Crippen molar-refractivity contribution >= 4 is 22.5 Å². The van der Waals surface area contributed by atoms with Crippen molar-refractivity contribution in [2.75, 3.05) is 56.5 Å². The molecular formula is C29H34F5N7O. The normalized spacial score (nSPS) is 19.1. The number of rotatable bonds is 6. The van der Waals surface area contributed by atoms with Crippen LogP contribution in [0.2, 0.25) is 0 Å². The second kappa shape index (κ2) is 10.7. The Morgan fingerprint density at radius 3 is 2.36 bits per heavy atom. The van der Waals surface area contributed by atoms with Crippen molar-refractivity contribution in [3.63, 3.8) is 0 Å². The first-order chi connectivity index (χ1) is 20.0. The van der Waals surface area contributed by atoms with E-state index < -0.39 is 34.6 Å². The number of fused-ring (bicyclic) bond motifs is 2. The number of halogens is 5. The number of nitrogens with zero attached hydrogens (tertiary/aromatic N) is 5. The lowest BCUT2D eigenvalue weighted by molar-refractivity contribution is -0.137. The second-order valence-electron chi connectivity index (χ2n) is 11.4. The van der Waals surface area contributed by atoms with Crippen LogP contribution in [0.4, 0.5) is 33.6 Å². The average Bonchev–Trinajstić information content (AvgIpc) is 3.52. The molecule has 0 radical (unpaired) electrons. The molecule has 0 spiro atoms. The Balaban J connectivity index is 1.58.